The van der Waals surface area contributed by atoms with E-state index in [1.54, 1.807) is 0 Å². The second kappa shape index (κ2) is 6.15. The van der Waals surface area contributed by atoms with Crippen LogP contribution in [-0.4, -0.2) is 16.3 Å². The van der Waals surface area contributed by atoms with Gasteiger partial charge in [-0.2, -0.15) is 0 Å². The average molecular weight is 252 g/mol. The Bertz CT molecular complexity index is 413. The summed E-state index contributed by atoms with van der Waals surface area (Å²) in [6.07, 6.45) is 0. The first-order valence-electron chi connectivity index (χ1n) is 3.83. The predicted octanol–water partition coefficient (Wildman–Crippen LogP) is 1.06. The summed E-state index contributed by atoms with van der Waals surface area (Å²) < 4.78 is 37.4. The van der Waals surface area contributed by atoms with Gasteiger partial charge in [-0.15, -0.1) is 10.1 Å². The zero-order valence-corrected chi connectivity index (χ0v) is 8.08. The molecule has 0 saturated heterocycles. The molecule has 0 aromatic heterocycles. The zero-order chi connectivity index (χ0) is 13.6. The Hall–Kier alpha value is -2.52. The van der Waals surface area contributed by atoms with Crippen LogP contribution < -0.4 is 11.1 Å². The summed E-state index contributed by atoms with van der Waals surface area (Å²) in [6, 6.07) is 1.42. The largest absolute Gasteiger partial charge is 0.370 e. The van der Waals surface area contributed by atoms with Gasteiger partial charge in [-0.25, -0.2) is 13.2 Å². The summed E-state index contributed by atoms with van der Waals surface area (Å²) >= 11 is 0. The highest BCUT2D eigenvalue weighted by atomic mass is 19.2. The zero-order valence-electron chi connectivity index (χ0n) is 8.08. The summed E-state index contributed by atoms with van der Waals surface area (Å²) in [7, 11) is 0. The maximum absolute atomic E-state index is 12.5. The molecule has 1 aromatic carbocycles. The van der Waals surface area contributed by atoms with Gasteiger partial charge in [0.05, 0.1) is 0 Å². The molecule has 94 valence electrons. The fraction of sp³-hybridized carbons (Fsp3) is 0. The standard InChI is InChI=1S/C7H6F3N3.HNO3/c8-4-1-3(13-7(11)12)2-5(9)6(4)10;2-1(3)4/h1-2H,(H4,11,12,13);(H,2,3,4). The highest BCUT2D eigenvalue weighted by Gasteiger charge is 2.10. The van der Waals surface area contributed by atoms with Gasteiger partial charge in [0.2, 0.25) is 0 Å². The number of rotatable bonds is 1. The van der Waals surface area contributed by atoms with Gasteiger partial charge in [0.1, 0.15) is 0 Å². The molecule has 0 unspecified atom stereocenters. The van der Waals surface area contributed by atoms with Crippen molar-refractivity contribution in [1.29, 1.82) is 5.41 Å². The molecule has 1 aromatic rings. The minimum atomic E-state index is -1.55. The minimum Gasteiger partial charge on any atom is -0.370 e. The SMILES string of the molecule is N=C(N)Nc1cc(F)c(F)c(F)c1.O=[N+]([O-])O. The topological polar surface area (TPSA) is 125 Å². The van der Waals surface area contributed by atoms with Crippen LogP contribution in [0.5, 0.6) is 0 Å². The summed E-state index contributed by atoms with van der Waals surface area (Å²) in [5, 5.41) is 22.5. The Balaban J connectivity index is 0.000000557. The van der Waals surface area contributed by atoms with Crippen molar-refractivity contribution < 1.29 is 23.5 Å². The fourth-order valence-electron chi connectivity index (χ4n) is 0.783. The number of halogens is 3. The molecule has 0 radical (unpaired) electrons. The summed E-state index contributed by atoms with van der Waals surface area (Å²) in [4.78, 5) is 8.36. The number of anilines is 1. The number of hydrogen-bond acceptors (Lipinski definition) is 3. The van der Waals surface area contributed by atoms with Gasteiger partial charge in [0, 0.05) is 17.8 Å². The molecular formula is C7H7F3N4O3. The maximum atomic E-state index is 12.5. The average Bonchev–Trinajstić information content (AvgIpc) is 2.12. The summed E-state index contributed by atoms with van der Waals surface area (Å²) in [5.74, 6) is -4.69. The number of guanidine groups is 1. The molecule has 5 N–H and O–H groups in total. The third-order valence-electron chi connectivity index (χ3n) is 1.26. The van der Waals surface area contributed by atoms with Crippen LogP contribution in [0.15, 0.2) is 12.1 Å². The van der Waals surface area contributed by atoms with E-state index in [9.17, 15) is 13.2 Å². The van der Waals surface area contributed by atoms with Gasteiger partial charge in [-0.1, -0.05) is 0 Å². The lowest BCUT2D eigenvalue weighted by Gasteiger charge is -2.04. The van der Waals surface area contributed by atoms with Crippen LogP contribution in [0, 0.1) is 33.0 Å². The van der Waals surface area contributed by atoms with Crippen LogP contribution in [-0.2, 0) is 0 Å². The van der Waals surface area contributed by atoms with Gasteiger partial charge in [0.15, 0.2) is 23.4 Å². The number of hydrogen-bond donors (Lipinski definition) is 4. The molecule has 1 rings (SSSR count). The van der Waals surface area contributed by atoms with Crippen molar-refractivity contribution >= 4 is 11.6 Å². The second-order valence-electron chi connectivity index (χ2n) is 2.53. The van der Waals surface area contributed by atoms with E-state index in [1.807, 2.05) is 0 Å². The van der Waals surface area contributed by atoms with Crippen molar-refractivity contribution in [2.24, 2.45) is 5.73 Å². The van der Waals surface area contributed by atoms with Gasteiger partial charge < -0.3 is 16.3 Å². The van der Waals surface area contributed by atoms with E-state index in [1.165, 1.54) is 0 Å². The quantitative estimate of drug-likeness (QED) is 0.195. The molecule has 7 nitrogen and oxygen atoms in total. The van der Waals surface area contributed by atoms with Crippen molar-refractivity contribution in [1.82, 2.24) is 0 Å². The Morgan fingerprint density at radius 1 is 1.41 bits per heavy atom. The Labute approximate surface area is 92.3 Å². The van der Waals surface area contributed by atoms with Gasteiger partial charge >= 0.3 is 0 Å². The first-order valence-corrected chi connectivity index (χ1v) is 3.83. The van der Waals surface area contributed by atoms with Crippen LogP contribution in [0.2, 0.25) is 0 Å². The van der Waals surface area contributed by atoms with Crippen molar-refractivity contribution in [2.75, 3.05) is 5.32 Å². The molecule has 0 aliphatic carbocycles. The Morgan fingerprint density at radius 3 is 2.06 bits per heavy atom. The van der Waals surface area contributed by atoms with Crippen LogP contribution in [0.4, 0.5) is 18.9 Å². The van der Waals surface area contributed by atoms with Gasteiger partial charge in [-0.05, 0) is 0 Å². The molecule has 0 bridgehead atoms. The monoisotopic (exact) mass is 252 g/mol. The smallest absolute Gasteiger partial charge is 0.291 e. The lowest BCUT2D eigenvalue weighted by Crippen LogP contribution is -2.20. The lowest BCUT2D eigenvalue weighted by molar-refractivity contribution is -0.742. The molecule has 0 saturated carbocycles. The van der Waals surface area contributed by atoms with E-state index in [0.29, 0.717) is 12.1 Å². The third-order valence-corrected chi connectivity index (χ3v) is 1.26. The number of nitrogens with two attached hydrogens (primary N) is 1. The van der Waals surface area contributed by atoms with Gasteiger partial charge in [0.25, 0.3) is 5.09 Å². The molecule has 10 heteroatoms. The highest BCUT2D eigenvalue weighted by Crippen LogP contribution is 2.16. The van der Waals surface area contributed by atoms with Crippen molar-refractivity contribution in [3.05, 3.63) is 39.7 Å². The van der Waals surface area contributed by atoms with E-state index in [2.05, 4.69) is 5.32 Å². The lowest BCUT2D eigenvalue weighted by atomic mass is 10.3. The van der Waals surface area contributed by atoms with E-state index in [0.717, 1.165) is 0 Å². The first kappa shape index (κ1) is 14.5. The third kappa shape index (κ3) is 5.81. The molecule has 0 aliphatic heterocycles. The van der Waals surface area contributed by atoms with Crippen molar-refractivity contribution in [3.8, 4) is 0 Å². The normalized spacial score (nSPS) is 8.88. The van der Waals surface area contributed by atoms with Crippen LogP contribution in [0.25, 0.3) is 0 Å². The molecule has 0 aliphatic rings. The molecular weight excluding hydrogens is 245 g/mol. The summed E-state index contributed by atoms with van der Waals surface area (Å²) in [6.45, 7) is 0. The summed E-state index contributed by atoms with van der Waals surface area (Å²) in [5.41, 5.74) is 4.79. The minimum absolute atomic E-state index is 0.107. The Morgan fingerprint density at radius 2 is 1.76 bits per heavy atom. The van der Waals surface area contributed by atoms with Crippen molar-refractivity contribution in [2.45, 2.75) is 0 Å². The van der Waals surface area contributed by atoms with E-state index < -0.39 is 28.5 Å². The van der Waals surface area contributed by atoms with Crippen LogP contribution in [0.1, 0.15) is 0 Å². The van der Waals surface area contributed by atoms with Crippen LogP contribution >= 0.6 is 0 Å². The molecule has 0 spiro atoms. The van der Waals surface area contributed by atoms with E-state index in [-0.39, 0.29) is 5.69 Å². The van der Waals surface area contributed by atoms with Gasteiger partial charge in [-0.3, -0.25) is 5.41 Å². The molecule has 17 heavy (non-hydrogen) atoms. The number of nitrogens with zero attached hydrogens (tertiary/aromatic N) is 1. The number of benzene rings is 1. The predicted molar refractivity (Wildman–Crippen MR) is 50.6 cm³/mol. The molecule has 0 atom stereocenters. The fourth-order valence-corrected chi connectivity index (χ4v) is 0.783. The highest BCUT2D eigenvalue weighted by molar-refractivity contribution is 5.89. The van der Waals surface area contributed by atoms with Crippen LogP contribution in [0.3, 0.4) is 0 Å². The second-order valence-corrected chi connectivity index (χ2v) is 2.53. The van der Waals surface area contributed by atoms with Crippen molar-refractivity contribution in [3.63, 3.8) is 0 Å². The molecule has 0 amide bonds. The Kier molecular flexibility index (Phi) is 5.24. The first-order chi connectivity index (χ1) is 7.73. The molecule has 0 fully saturated rings. The maximum Gasteiger partial charge on any atom is 0.291 e. The van der Waals surface area contributed by atoms with E-state index in [4.69, 9.17) is 26.5 Å². The van der Waals surface area contributed by atoms with E-state index >= 15 is 0 Å². The molecule has 0 heterocycles. The number of nitrogens with one attached hydrogen (secondary N) is 2.